The summed E-state index contributed by atoms with van der Waals surface area (Å²) >= 11 is 0. The SMILES string of the molecule is CNCC[C@@H]1OCCc2c(C)cccc21. The van der Waals surface area contributed by atoms with E-state index in [1.54, 1.807) is 0 Å². The van der Waals surface area contributed by atoms with Crippen LogP contribution in [0.3, 0.4) is 0 Å². The first-order valence-corrected chi connectivity index (χ1v) is 5.67. The predicted octanol–water partition coefficient (Wildman–Crippen LogP) is 2.22. The number of benzene rings is 1. The van der Waals surface area contributed by atoms with Crippen LogP contribution in [-0.2, 0) is 11.2 Å². The molecule has 2 rings (SSSR count). The molecule has 0 spiro atoms. The van der Waals surface area contributed by atoms with Crippen molar-refractivity contribution in [2.75, 3.05) is 20.2 Å². The zero-order valence-corrected chi connectivity index (χ0v) is 9.55. The van der Waals surface area contributed by atoms with E-state index in [0.717, 1.165) is 26.0 Å². The predicted molar refractivity (Wildman–Crippen MR) is 62.1 cm³/mol. The van der Waals surface area contributed by atoms with Gasteiger partial charge >= 0.3 is 0 Å². The van der Waals surface area contributed by atoms with Crippen LogP contribution in [-0.4, -0.2) is 20.2 Å². The fourth-order valence-corrected chi connectivity index (χ4v) is 2.28. The molecule has 0 saturated heterocycles. The van der Waals surface area contributed by atoms with E-state index in [9.17, 15) is 0 Å². The lowest BCUT2D eigenvalue weighted by molar-refractivity contribution is 0.0369. The van der Waals surface area contributed by atoms with Crippen LogP contribution in [0.1, 0.15) is 29.2 Å². The molecule has 0 amide bonds. The third-order valence-corrected chi connectivity index (χ3v) is 3.12. The first-order chi connectivity index (χ1) is 7.33. The summed E-state index contributed by atoms with van der Waals surface area (Å²) < 4.78 is 5.82. The van der Waals surface area contributed by atoms with E-state index in [-0.39, 0.29) is 0 Å². The smallest absolute Gasteiger partial charge is 0.0839 e. The van der Waals surface area contributed by atoms with Crippen LogP contribution in [0.2, 0.25) is 0 Å². The van der Waals surface area contributed by atoms with Gasteiger partial charge in [0, 0.05) is 0 Å². The van der Waals surface area contributed by atoms with Gasteiger partial charge in [0.05, 0.1) is 12.7 Å². The quantitative estimate of drug-likeness (QED) is 0.817. The second-order valence-corrected chi connectivity index (χ2v) is 4.14. The van der Waals surface area contributed by atoms with Gasteiger partial charge in [-0.2, -0.15) is 0 Å². The number of hydrogen-bond acceptors (Lipinski definition) is 2. The second-order valence-electron chi connectivity index (χ2n) is 4.14. The summed E-state index contributed by atoms with van der Waals surface area (Å²) in [5.74, 6) is 0. The Morgan fingerprint density at radius 1 is 1.47 bits per heavy atom. The number of fused-ring (bicyclic) bond motifs is 1. The Kier molecular flexibility index (Phi) is 3.39. The van der Waals surface area contributed by atoms with Crippen molar-refractivity contribution in [1.29, 1.82) is 0 Å². The second kappa shape index (κ2) is 4.77. The molecule has 0 unspecified atom stereocenters. The largest absolute Gasteiger partial charge is 0.373 e. The topological polar surface area (TPSA) is 21.3 Å². The summed E-state index contributed by atoms with van der Waals surface area (Å²) in [6.45, 7) is 4.07. The number of nitrogens with one attached hydrogen (secondary N) is 1. The average molecular weight is 205 g/mol. The fraction of sp³-hybridized carbons (Fsp3) is 0.538. The molecule has 1 N–H and O–H groups in total. The van der Waals surface area contributed by atoms with Crippen LogP contribution in [0, 0.1) is 6.92 Å². The maximum atomic E-state index is 5.82. The summed E-state index contributed by atoms with van der Waals surface area (Å²) in [5.41, 5.74) is 4.31. The molecule has 1 aromatic rings. The van der Waals surface area contributed by atoms with E-state index < -0.39 is 0 Å². The Labute approximate surface area is 91.6 Å². The maximum absolute atomic E-state index is 5.82. The van der Waals surface area contributed by atoms with Crippen LogP contribution in [0.25, 0.3) is 0 Å². The molecule has 2 heteroatoms. The molecule has 82 valence electrons. The van der Waals surface area contributed by atoms with Gasteiger partial charge in [0.15, 0.2) is 0 Å². The van der Waals surface area contributed by atoms with Crippen LogP contribution >= 0.6 is 0 Å². The lowest BCUT2D eigenvalue weighted by Gasteiger charge is -2.27. The molecule has 15 heavy (non-hydrogen) atoms. The third-order valence-electron chi connectivity index (χ3n) is 3.12. The molecule has 0 fully saturated rings. The standard InChI is InChI=1S/C13H19NO/c1-10-4-3-5-12-11(10)7-9-15-13(12)6-8-14-2/h3-5,13-14H,6-9H2,1-2H3/t13-/m0/s1. The lowest BCUT2D eigenvalue weighted by atomic mass is 9.92. The molecule has 1 atom stereocenters. The Hall–Kier alpha value is -0.860. The van der Waals surface area contributed by atoms with Crippen molar-refractivity contribution in [1.82, 2.24) is 5.32 Å². The molecule has 0 radical (unpaired) electrons. The van der Waals surface area contributed by atoms with Crippen molar-refractivity contribution < 1.29 is 4.74 Å². The molecule has 0 aromatic heterocycles. The van der Waals surface area contributed by atoms with Crippen molar-refractivity contribution in [2.24, 2.45) is 0 Å². The molecule has 0 bridgehead atoms. The zero-order chi connectivity index (χ0) is 10.7. The number of aryl methyl sites for hydroxylation is 1. The molecule has 0 aliphatic carbocycles. The van der Waals surface area contributed by atoms with Gasteiger partial charge in [-0.15, -0.1) is 0 Å². The minimum Gasteiger partial charge on any atom is -0.373 e. The van der Waals surface area contributed by atoms with E-state index in [1.807, 2.05) is 7.05 Å². The van der Waals surface area contributed by atoms with Crippen molar-refractivity contribution in [3.63, 3.8) is 0 Å². The third kappa shape index (κ3) is 2.21. The van der Waals surface area contributed by atoms with E-state index in [1.165, 1.54) is 16.7 Å². The molecular weight excluding hydrogens is 186 g/mol. The average Bonchev–Trinajstić information content (AvgIpc) is 2.27. The van der Waals surface area contributed by atoms with E-state index in [4.69, 9.17) is 4.74 Å². The first kappa shape index (κ1) is 10.7. The van der Waals surface area contributed by atoms with Gasteiger partial charge in [0.2, 0.25) is 0 Å². The summed E-state index contributed by atoms with van der Waals surface area (Å²) in [5, 5.41) is 3.18. The van der Waals surface area contributed by atoms with Gasteiger partial charge in [-0.05, 0) is 50.0 Å². The monoisotopic (exact) mass is 205 g/mol. The molecule has 2 nitrogen and oxygen atoms in total. The Morgan fingerprint density at radius 3 is 3.13 bits per heavy atom. The van der Waals surface area contributed by atoms with Crippen LogP contribution in [0.4, 0.5) is 0 Å². The van der Waals surface area contributed by atoms with E-state index in [0.29, 0.717) is 6.10 Å². The minimum absolute atomic E-state index is 0.293. The Balaban J connectivity index is 2.22. The van der Waals surface area contributed by atoms with Crippen molar-refractivity contribution in [3.05, 3.63) is 34.9 Å². The maximum Gasteiger partial charge on any atom is 0.0839 e. The molecule has 1 heterocycles. The highest BCUT2D eigenvalue weighted by Gasteiger charge is 2.20. The fourth-order valence-electron chi connectivity index (χ4n) is 2.28. The highest BCUT2D eigenvalue weighted by atomic mass is 16.5. The summed E-state index contributed by atoms with van der Waals surface area (Å²) in [6.07, 6.45) is 2.42. The van der Waals surface area contributed by atoms with Gasteiger partial charge in [0.25, 0.3) is 0 Å². The molecule has 1 aliphatic rings. The normalized spacial score (nSPS) is 20.0. The molecule has 0 saturated carbocycles. The van der Waals surface area contributed by atoms with E-state index in [2.05, 4.69) is 30.4 Å². The van der Waals surface area contributed by atoms with Crippen LogP contribution in [0.5, 0.6) is 0 Å². The van der Waals surface area contributed by atoms with Gasteiger partial charge in [-0.25, -0.2) is 0 Å². The van der Waals surface area contributed by atoms with Gasteiger partial charge in [-0.3, -0.25) is 0 Å². The Morgan fingerprint density at radius 2 is 2.33 bits per heavy atom. The summed E-state index contributed by atoms with van der Waals surface area (Å²) in [4.78, 5) is 0. The molecule has 1 aliphatic heterocycles. The van der Waals surface area contributed by atoms with Crippen molar-refractivity contribution in [2.45, 2.75) is 25.9 Å². The lowest BCUT2D eigenvalue weighted by Crippen LogP contribution is -2.21. The summed E-state index contributed by atoms with van der Waals surface area (Å²) in [6, 6.07) is 6.54. The number of rotatable bonds is 3. The molecular formula is C13H19NO. The number of ether oxygens (including phenoxy) is 1. The number of hydrogen-bond donors (Lipinski definition) is 1. The van der Waals surface area contributed by atoms with Crippen LogP contribution in [0.15, 0.2) is 18.2 Å². The van der Waals surface area contributed by atoms with Gasteiger partial charge in [-0.1, -0.05) is 18.2 Å². The van der Waals surface area contributed by atoms with Crippen molar-refractivity contribution in [3.8, 4) is 0 Å². The van der Waals surface area contributed by atoms with Gasteiger partial charge in [0.1, 0.15) is 0 Å². The first-order valence-electron chi connectivity index (χ1n) is 5.67. The summed E-state index contributed by atoms with van der Waals surface area (Å²) in [7, 11) is 1.99. The highest BCUT2D eigenvalue weighted by molar-refractivity contribution is 5.37. The molecule has 1 aromatic carbocycles. The highest BCUT2D eigenvalue weighted by Crippen LogP contribution is 2.30. The van der Waals surface area contributed by atoms with E-state index >= 15 is 0 Å². The van der Waals surface area contributed by atoms with Gasteiger partial charge < -0.3 is 10.1 Å². The van der Waals surface area contributed by atoms with Crippen LogP contribution < -0.4 is 5.32 Å². The Bertz CT molecular complexity index is 335. The minimum atomic E-state index is 0.293. The zero-order valence-electron chi connectivity index (χ0n) is 9.55. The van der Waals surface area contributed by atoms with Crippen molar-refractivity contribution >= 4 is 0 Å².